The van der Waals surface area contributed by atoms with Crippen LogP contribution in [0.2, 0.25) is 0 Å². The molecule has 4 nitrogen and oxygen atoms in total. The zero-order chi connectivity index (χ0) is 13.4. The molecular weight excluding hydrogens is 226 g/mol. The second-order valence-electron chi connectivity index (χ2n) is 4.87. The first-order valence-electron chi connectivity index (χ1n) is 6.89. The predicted octanol–water partition coefficient (Wildman–Crippen LogP) is 2.15. The smallest absolute Gasteiger partial charge is 0.108 e. The van der Waals surface area contributed by atoms with Crippen molar-refractivity contribution >= 4 is 0 Å². The lowest BCUT2D eigenvalue weighted by molar-refractivity contribution is 0.105. The monoisotopic (exact) mass is 253 g/mol. The van der Waals surface area contributed by atoms with E-state index in [4.69, 9.17) is 4.74 Å². The minimum absolute atomic E-state index is 0.347. The molecule has 1 rings (SSSR count). The van der Waals surface area contributed by atoms with Gasteiger partial charge in [-0.15, -0.1) is 0 Å². The Morgan fingerprint density at radius 3 is 2.72 bits per heavy atom. The Hall–Kier alpha value is -0.870. The molecule has 0 spiro atoms. The van der Waals surface area contributed by atoms with Crippen LogP contribution in [0.25, 0.3) is 0 Å². The number of aryl methyl sites for hydroxylation is 2. The number of nitrogens with zero attached hydrogens (tertiary/aromatic N) is 2. The Kier molecular flexibility index (Phi) is 6.98. The lowest BCUT2D eigenvalue weighted by Gasteiger charge is -2.19. The van der Waals surface area contributed by atoms with E-state index in [0.29, 0.717) is 12.1 Å². The summed E-state index contributed by atoms with van der Waals surface area (Å²) in [6.07, 6.45) is 8.65. The molecule has 0 radical (unpaired) electrons. The summed E-state index contributed by atoms with van der Waals surface area (Å²) in [5.41, 5.74) is 0. The highest BCUT2D eigenvalue weighted by Crippen LogP contribution is 2.10. The lowest BCUT2D eigenvalue weighted by atomic mass is 10.0. The summed E-state index contributed by atoms with van der Waals surface area (Å²) >= 11 is 0. The summed E-state index contributed by atoms with van der Waals surface area (Å²) in [6, 6.07) is 0.560. The lowest BCUT2D eigenvalue weighted by Crippen LogP contribution is -2.30. The zero-order valence-electron chi connectivity index (χ0n) is 12.1. The number of hydrogen-bond donors (Lipinski definition) is 1. The van der Waals surface area contributed by atoms with E-state index in [-0.39, 0.29) is 0 Å². The molecule has 0 bridgehead atoms. The minimum Gasteiger partial charge on any atom is -0.382 e. The molecule has 2 atom stereocenters. The average molecular weight is 253 g/mol. The van der Waals surface area contributed by atoms with Crippen LogP contribution in [-0.4, -0.2) is 35.4 Å². The molecule has 1 aromatic rings. The van der Waals surface area contributed by atoms with Crippen LogP contribution in [0.3, 0.4) is 0 Å². The van der Waals surface area contributed by atoms with Crippen molar-refractivity contribution < 1.29 is 4.74 Å². The maximum atomic E-state index is 5.30. The van der Waals surface area contributed by atoms with E-state index >= 15 is 0 Å². The molecule has 0 aliphatic rings. The topological polar surface area (TPSA) is 39.1 Å². The average Bonchev–Trinajstić information content (AvgIpc) is 2.78. The van der Waals surface area contributed by atoms with Gasteiger partial charge in [0.25, 0.3) is 0 Å². The van der Waals surface area contributed by atoms with Gasteiger partial charge in [-0.05, 0) is 32.7 Å². The van der Waals surface area contributed by atoms with E-state index in [0.717, 1.165) is 38.1 Å². The highest BCUT2D eigenvalue weighted by atomic mass is 16.5. The van der Waals surface area contributed by atoms with Crippen LogP contribution < -0.4 is 5.32 Å². The highest BCUT2D eigenvalue weighted by Gasteiger charge is 2.11. The molecule has 4 heteroatoms. The van der Waals surface area contributed by atoms with E-state index in [1.807, 2.05) is 12.4 Å². The van der Waals surface area contributed by atoms with Crippen LogP contribution in [0, 0.1) is 0 Å². The van der Waals surface area contributed by atoms with E-state index < -0.39 is 0 Å². The number of ether oxygens (including phenoxy) is 1. The first-order chi connectivity index (χ1) is 8.67. The van der Waals surface area contributed by atoms with Crippen molar-refractivity contribution in [3.8, 4) is 0 Å². The first-order valence-corrected chi connectivity index (χ1v) is 6.89. The van der Waals surface area contributed by atoms with Crippen molar-refractivity contribution in [1.82, 2.24) is 14.9 Å². The van der Waals surface area contributed by atoms with Crippen molar-refractivity contribution in [3.05, 3.63) is 18.2 Å². The quantitative estimate of drug-likeness (QED) is 0.733. The van der Waals surface area contributed by atoms with Gasteiger partial charge < -0.3 is 14.6 Å². The number of rotatable bonds is 9. The number of hydrogen-bond acceptors (Lipinski definition) is 3. The largest absolute Gasteiger partial charge is 0.382 e. The molecule has 0 amide bonds. The van der Waals surface area contributed by atoms with Gasteiger partial charge in [0.2, 0.25) is 0 Å². The standard InChI is InChI=1S/C14H27N3O/c1-5-15-13(7-6-12(2)18-4)8-9-14-16-10-11-17(14)3/h10-13,15H,5-9H2,1-4H3. The van der Waals surface area contributed by atoms with Crippen LogP contribution in [0.5, 0.6) is 0 Å². The molecule has 0 saturated carbocycles. The van der Waals surface area contributed by atoms with Crippen molar-refractivity contribution in [2.24, 2.45) is 7.05 Å². The summed E-state index contributed by atoms with van der Waals surface area (Å²) in [7, 11) is 3.83. The van der Waals surface area contributed by atoms with E-state index in [2.05, 4.69) is 35.8 Å². The fourth-order valence-corrected chi connectivity index (χ4v) is 2.13. The Balaban J connectivity index is 2.35. The summed E-state index contributed by atoms with van der Waals surface area (Å²) in [5.74, 6) is 1.16. The molecule has 2 unspecified atom stereocenters. The predicted molar refractivity (Wildman–Crippen MR) is 74.7 cm³/mol. The molecule has 1 N–H and O–H groups in total. The van der Waals surface area contributed by atoms with Gasteiger partial charge in [-0.3, -0.25) is 0 Å². The van der Waals surface area contributed by atoms with Gasteiger partial charge in [0, 0.05) is 39.0 Å². The van der Waals surface area contributed by atoms with Crippen LogP contribution in [0.1, 0.15) is 38.9 Å². The van der Waals surface area contributed by atoms with Crippen LogP contribution in [-0.2, 0) is 18.2 Å². The molecule has 1 heterocycles. The second-order valence-corrected chi connectivity index (χ2v) is 4.87. The van der Waals surface area contributed by atoms with Crippen molar-refractivity contribution in [3.63, 3.8) is 0 Å². The summed E-state index contributed by atoms with van der Waals surface area (Å²) in [6.45, 7) is 5.31. The van der Waals surface area contributed by atoms with Gasteiger partial charge in [0.05, 0.1) is 6.10 Å². The second kappa shape index (κ2) is 8.27. The van der Waals surface area contributed by atoms with Crippen molar-refractivity contribution in [1.29, 1.82) is 0 Å². The fraction of sp³-hybridized carbons (Fsp3) is 0.786. The van der Waals surface area contributed by atoms with Crippen molar-refractivity contribution in [2.75, 3.05) is 13.7 Å². The zero-order valence-corrected chi connectivity index (χ0v) is 12.1. The number of aromatic nitrogens is 2. The minimum atomic E-state index is 0.347. The third kappa shape index (κ3) is 5.19. The highest BCUT2D eigenvalue weighted by molar-refractivity contribution is 4.92. The SMILES string of the molecule is CCNC(CCc1nccn1C)CCC(C)OC. The van der Waals surface area contributed by atoms with E-state index in [1.54, 1.807) is 7.11 Å². The van der Waals surface area contributed by atoms with Gasteiger partial charge in [0.1, 0.15) is 5.82 Å². The van der Waals surface area contributed by atoms with Crippen LogP contribution in [0.15, 0.2) is 12.4 Å². The Morgan fingerprint density at radius 1 is 1.39 bits per heavy atom. The third-order valence-corrected chi connectivity index (χ3v) is 3.45. The summed E-state index contributed by atoms with van der Waals surface area (Å²) < 4.78 is 7.40. The molecule has 0 aromatic carbocycles. The molecule has 1 aromatic heterocycles. The molecule has 104 valence electrons. The van der Waals surface area contributed by atoms with Crippen molar-refractivity contribution in [2.45, 2.75) is 51.7 Å². The maximum Gasteiger partial charge on any atom is 0.108 e. The third-order valence-electron chi connectivity index (χ3n) is 3.45. The van der Waals surface area contributed by atoms with E-state index in [1.165, 1.54) is 0 Å². The summed E-state index contributed by atoms with van der Waals surface area (Å²) in [5, 5.41) is 3.55. The molecule has 0 saturated heterocycles. The molecule has 0 aliphatic carbocycles. The van der Waals surface area contributed by atoms with Gasteiger partial charge in [-0.2, -0.15) is 0 Å². The van der Waals surface area contributed by atoms with E-state index in [9.17, 15) is 0 Å². The Morgan fingerprint density at radius 2 is 2.17 bits per heavy atom. The normalized spacial score (nSPS) is 14.7. The molecule has 18 heavy (non-hydrogen) atoms. The number of methoxy groups -OCH3 is 1. The molecule has 0 aliphatic heterocycles. The number of nitrogens with one attached hydrogen (secondary N) is 1. The first kappa shape index (κ1) is 15.2. The Bertz CT molecular complexity index is 325. The van der Waals surface area contributed by atoms with Gasteiger partial charge in [-0.1, -0.05) is 6.92 Å². The summed E-state index contributed by atoms with van der Waals surface area (Å²) in [4.78, 5) is 4.37. The van der Waals surface area contributed by atoms with Gasteiger partial charge >= 0.3 is 0 Å². The number of imidazole rings is 1. The maximum absolute atomic E-state index is 5.30. The molecule has 0 fully saturated rings. The Labute approximate surface area is 111 Å². The molecular formula is C14H27N3O. The van der Waals surface area contributed by atoms with Crippen LogP contribution in [0.4, 0.5) is 0 Å². The van der Waals surface area contributed by atoms with Gasteiger partial charge in [-0.25, -0.2) is 4.98 Å². The van der Waals surface area contributed by atoms with Gasteiger partial charge in [0.15, 0.2) is 0 Å². The van der Waals surface area contributed by atoms with Crippen LogP contribution >= 0.6 is 0 Å². The fourth-order valence-electron chi connectivity index (χ4n) is 2.13.